The minimum atomic E-state index is -0.531. The highest BCUT2D eigenvalue weighted by atomic mass is 79.9. The Morgan fingerprint density at radius 1 is 1.50 bits per heavy atom. The van der Waals surface area contributed by atoms with Crippen molar-refractivity contribution in [2.24, 2.45) is 5.92 Å². The second kappa shape index (κ2) is 4.42. The number of ether oxygens (including phenoxy) is 1. The van der Waals surface area contributed by atoms with Crippen LogP contribution < -0.4 is 4.74 Å². The first-order valence-electron chi connectivity index (χ1n) is 5.16. The van der Waals surface area contributed by atoms with Gasteiger partial charge in [0, 0.05) is 6.07 Å². The first kappa shape index (κ1) is 11.4. The van der Waals surface area contributed by atoms with Crippen molar-refractivity contribution in [2.75, 3.05) is 0 Å². The molecular formula is C12H11BrFNO. The van der Waals surface area contributed by atoms with Gasteiger partial charge in [-0.2, -0.15) is 5.26 Å². The van der Waals surface area contributed by atoms with Crippen LogP contribution in [0.1, 0.15) is 25.3 Å². The number of halogens is 2. The van der Waals surface area contributed by atoms with E-state index >= 15 is 0 Å². The Morgan fingerprint density at radius 2 is 2.19 bits per heavy atom. The molecule has 1 aromatic rings. The predicted molar refractivity (Wildman–Crippen MR) is 61.6 cm³/mol. The summed E-state index contributed by atoms with van der Waals surface area (Å²) in [5, 5.41) is 8.75. The molecule has 1 aromatic carbocycles. The lowest BCUT2D eigenvalue weighted by Crippen LogP contribution is -2.31. The second-order valence-corrected chi connectivity index (χ2v) is 5.05. The highest BCUT2D eigenvalue weighted by molar-refractivity contribution is 9.10. The smallest absolute Gasteiger partial charge is 0.155 e. The average Bonchev–Trinajstić information content (AvgIpc) is 2.21. The molecule has 2 nitrogen and oxygen atoms in total. The van der Waals surface area contributed by atoms with Crippen molar-refractivity contribution in [3.05, 3.63) is 28.0 Å². The molecule has 0 heterocycles. The largest absolute Gasteiger partial charge is 0.490 e. The summed E-state index contributed by atoms with van der Waals surface area (Å²) in [6, 6.07) is 4.83. The maximum atomic E-state index is 13.4. The first-order valence-corrected chi connectivity index (χ1v) is 5.95. The van der Waals surface area contributed by atoms with E-state index in [1.165, 1.54) is 6.07 Å². The van der Waals surface area contributed by atoms with Gasteiger partial charge in [0.05, 0.1) is 16.1 Å². The van der Waals surface area contributed by atoms with Crippen molar-refractivity contribution >= 4 is 15.9 Å². The van der Waals surface area contributed by atoms with Crippen molar-refractivity contribution in [1.29, 1.82) is 5.26 Å². The van der Waals surface area contributed by atoms with Gasteiger partial charge < -0.3 is 4.74 Å². The summed E-state index contributed by atoms with van der Waals surface area (Å²) in [6.45, 7) is 2.17. The summed E-state index contributed by atoms with van der Waals surface area (Å²) in [6.07, 6.45) is 2.26. The Hall–Kier alpha value is -1.08. The van der Waals surface area contributed by atoms with E-state index in [1.807, 2.05) is 6.07 Å². The van der Waals surface area contributed by atoms with Crippen LogP contribution in [0.3, 0.4) is 0 Å². The van der Waals surface area contributed by atoms with Crippen molar-refractivity contribution in [3.8, 4) is 11.8 Å². The number of nitrogens with zero attached hydrogens (tertiary/aromatic N) is 1. The zero-order valence-corrected chi connectivity index (χ0v) is 10.4. The molecule has 1 fully saturated rings. The van der Waals surface area contributed by atoms with Gasteiger partial charge in [-0.1, -0.05) is 6.92 Å². The van der Waals surface area contributed by atoms with Crippen LogP contribution in [0.25, 0.3) is 0 Å². The van der Waals surface area contributed by atoms with Gasteiger partial charge in [0.1, 0.15) is 11.8 Å². The summed E-state index contributed by atoms with van der Waals surface area (Å²) in [5.74, 6) is 0.725. The molecule has 0 aromatic heterocycles. The minimum absolute atomic E-state index is 0.0109. The average molecular weight is 284 g/mol. The molecule has 0 N–H and O–H groups in total. The van der Waals surface area contributed by atoms with E-state index in [-0.39, 0.29) is 16.1 Å². The lowest BCUT2D eigenvalue weighted by atomic mass is 9.84. The zero-order valence-electron chi connectivity index (χ0n) is 8.84. The highest BCUT2D eigenvalue weighted by Crippen LogP contribution is 2.33. The number of benzene rings is 1. The third kappa shape index (κ3) is 2.19. The van der Waals surface area contributed by atoms with Crippen LogP contribution in [-0.2, 0) is 0 Å². The Kier molecular flexibility index (Phi) is 3.15. The van der Waals surface area contributed by atoms with Gasteiger partial charge in [0.15, 0.2) is 5.82 Å². The fraction of sp³-hybridized carbons (Fsp3) is 0.417. The molecule has 4 heteroatoms. The van der Waals surface area contributed by atoms with Crippen LogP contribution in [0, 0.1) is 23.1 Å². The van der Waals surface area contributed by atoms with Crippen LogP contribution in [0.5, 0.6) is 5.75 Å². The summed E-state index contributed by atoms with van der Waals surface area (Å²) in [7, 11) is 0. The van der Waals surface area contributed by atoms with E-state index in [0.717, 1.165) is 12.8 Å². The van der Waals surface area contributed by atoms with Crippen LogP contribution in [0.2, 0.25) is 0 Å². The van der Waals surface area contributed by atoms with Gasteiger partial charge >= 0.3 is 0 Å². The highest BCUT2D eigenvalue weighted by Gasteiger charge is 2.27. The van der Waals surface area contributed by atoms with Gasteiger partial charge in [-0.15, -0.1) is 0 Å². The lowest BCUT2D eigenvalue weighted by Gasteiger charge is -2.32. The minimum Gasteiger partial charge on any atom is -0.490 e. The molecule has 2 rings (SSSR count). The van der Waals surface area contributed by atoms with E-state index in [4.69, 9.17) is 10.00 Å². The van der Waals surface area contributed by atoms with Gasteiger partial charge in [-0.25, -0.2) is 4.39 Å². The van der Waals surface area contributed by atoms with Crippen LogP contribution in [0.15, 0.2) is 16.6 Å². The molecule has 0 aliphatic heterocycles. The topological polar surface area (TPSA) is 33.0 Å². The van der Waals surface area contributed by atoms with Crippen LogP contribution in [0.4, 0.5) is 4.39 Å². The lowest BCUT2D eigenvalue weighted by molar-refractivity contribution is 0.0737. The Labute approximate surface area is 102 Å². The number of hydrogen-bond donors (Lipinski definition) is 0. The molecule has 1 aliphatic rings. The van der Waals surface area contributed by atoms with Gasteiger partial charge in [0.2, 0.25) is 0 Å². The molecule has 0 spiro atoms. The fourth-order valence-corrected chi connectivity index (χ4v) is 2.27. The Morgan fingerprint density at radius 3 is 2.75 bits per heavy atom. The molecule has 84 valence electrons. The van der Waals surface area contributed by atoms with Crippen molar-refractivity contribution in [2.45, 2.75) is 25.9 Å². The summed E-state index contributed by atoms with van der Waals surface area (Å²) in [4.78, 5) is 0. The first-order chi connectivity index (χ1) is 7.60. The molecule has 16 heavy (non-hydrogen) atoms. The van der Waals surface area contributed by atoms with E-state index in [1.54, 1.807) is 6.07 Å². The molecule has 0 saturated heterocycles. The fourth-order valence-electron chi connectivity index (χ4n) is 1.83. The van der Waals surface area contributed by atoms with Gasteiger partial charge in [0.25, 0.3) is 0 Å². The standard InChI is InChI=1S/C12H11BrFNO/c1-7-2-9(3-7)16-10-4-8(6-15)12(14)11(13)5-10/h4-5,7,9H,2-3H2,1H3. The monoisotopic (exact) mass is 283 g/mol. The van der Waals surface area contributed by atoms with E-state index < -0.39 is 5.82 Å². The van der Waals surface area contributed by atoms with E-state index in [9.17, 15) is 4.39 Å². The number of rotatable bonds is 2. The molecule has 0 unspecified atom stereocenters. The Bertz CT molecular complexity index is 449. The second-order valence-electron chi connectivity index (χ2n) is 4.19. The maximum Gasteiger partial charge on any atom is 0.155 e. The molecule has 0 atom stereocenters. The maximum absolute atomic E-state index is 13.4. The number of hydrogen-bond acceptors (Lipinski definition) is 2. The molecule has 0 amide bonds. The summed E-state index contributed by atoms with van der Waals surface area (Å²) in [5.41, 5.74) is 0.0109. The molecule has 0 bridgehead atoms. The van der Waals surface area contributed by atoms with Crippen molar-refractivity contribution in [1.82, 2.24) is 0 Å². The van der Waals surface area contributed by atoms with Gasteiger partial charge in [-0.3, -0.25) is 0 Å². The van der Waals surface area contributed by atoms with Crippen LogP contribution >= 0.6 is 15.9 Å². The summed E-state index contributed by atoms with van der Waals surface area (Å²) >= 11 is 3.07. The molecular weight excluding hydrogens is 273 g/mol. The molecule has 0 radical (unpaired) electrons. The third-order valence-electron chi connectivity index (χ3n) is 2.76. The predicted octanol–water partition coefficient (Wildman–Crippen LogP) is 3.64. The molecule has 1 aliphatic carbocycles. The SMILES string of the molecule is CC1CC(Oc2cc(Br)c(F)c(C#N)c2)C1. The van der Waals surface area contributed by atoms with E-state index in [0.29, 0.717) is 11.7 Å². The summed E-state index contributed by atoms with van der Waals surface area (Å²) < 4.78 is 19.3. The number of nitriles is 1. The quantitative estimate of drug-likeness (QED) is 0.830. The third-order valence-corrected chi connectivity index (χ3v) is 3.33. The van der Waals surface area contributed by atoms with Gasteiger partial charge in [-0.05, 0) is 40.8 Å². The van der Waals surface area contributed by atoms with Crippen molar-refractivity contribution in [3.63, 3.8) is 0 Å². The van der Waals surface area contributed by atoms with E-state index in [2.05, 4.69) is 22.9 Å². The molecule has 1 saturated carbocycles. The normalized spacial score (nSPS) is 23.4. The van der Waals surface area contributed by atoms with Crippen LogP contribution in [-0.4, -0.2) is 6.10 Å². The Balaban J connectivity index is 2.16. The van der Waals surface area contributed by atoms with Crippen molar-refractivity contribution < 1.29 is 9.13 Å². The zero-order chi connectivity index (χ0) is 11.7.